The first kappa shape index (κ1) is 13.8. The lowest BCUT2D eigenvalue weighted by atomic mass is 10.2. The first-order chi connectivity index (χ1) is 8.90. The summed E-state index contributed by atoms with van der Waals surface area (Å²) in [5.41, 5.74) is 1.39. The van der Waals surface area contributed by atoms with E-state index in [9.17, 15) is 4.79 Å². The van der Waals surface area contributed by atoms with Crippen LogP contribution in [-0.2, 0) is 15.9 Å². The van der Waals surface area contributed by atoms with Crippen molar-refractivity contribution >= 4 is 25.2 Å². The minimum Gasteiger partial charge on any atom is -0.465 e. The second-order valence-electron chi connectivity index (χ2n) is 5.30. The third kappa shape index (κ3) is 3.21. The highest BCUT2D eigenvalue weighted by molar-refractivity contribution is 6.69. The van der Waals surface area contributed by atoms with Crippen molar-refractivity contribution in [1.82, 2.24) is 9.78 Å². The van der Waals surface area contributed by atoms with Crippen molar-refractivity contribution in [2.75, 3.05) is 7.11 Å². The Morgan fingerprint density at radius 3 is 2.74 bits per heavy atom. The van der Waals surface area contributed by atoms with E-state index in [1.54, 1.807) is 23.0 Å². The molecule has 0 spiro atoms. The number of hydrogen-bond donors (Lipinski definition) is 0. The number of fused-ring (bicyclic) bond motifs is 1. The monoisotopic (exact) mass is 278 g/mol. The molecule has 0 aliphatic rings. The maximum atomic E-state index is 11.5. The second kappa shape index (κ2) is 5.14. The van der Waals surface area contributed by atoms with Crippen LogP contribution in [0, 0.1) is 0 Å². The fourth-order valence-electron chi connectivity index (χ4n) is 1.67. The van der Waals surface area contributed by atoms with E-state index in [-0.39, 0.29) is 5.97 Å². The molecule has 102 valence electrons. The Labute approximate surface area is 113 Å². The van der Waals surface area contributed by atoms with Gasteiger partial charge in [-0.2, -0.15) is 5.10 Å². The van der Waals surface area contributed by atoms with Gasteiger partial charge in [0.1, 0.15) is 6.73 Å². The third-order valence-corrected chi connectivity index (χ3v) is 3.68. The molecular weight excluding hydrogens is 260 g/mol. The molecule has 1 heterocycles. The summed E-state index contributed by atoms with van der Waals surface area (Å²) in [6, 6.07) is 5.38. The van der Waals surface area contributed by atoms with Gasteiger partial charge in [0.2, 0.25) is 0 Å². The highest BCUT2D eigenvalue weighted by Crippen LogP contribution is 2.17. The number of nitrogens with zero attached hydrogens (tertiary/aromatic N) is 2. The van der Waals surface area contributed by atoms with Crippen molar-refractivity contribution in [2.45, 2.75) is 26.4 Å². The summed E-state index contributed by atoms with van der Waals surface area (Å²) >= 11 is 0. The molecule has 5 nitrogen and oxygen atoms in total. The third-order valence-electron chi connectivity index (χ3n) is 2.69. The molecule has 0 unspecified atom stereocenters. The second-order valence-corrected chi connectivity index (χ2v) is 9.81. The molecule has 6 heteroatoms. The van der Waals surface area contributed by atoms with E-state index >= 15 is 0 Å². The summed E-state index contributed by atoms with van der Waals surface area (Å²) in [4.78, 5) is 11.5. The smallest absolute Gasteiger partial charge is 0.337 e. The maximum Gasteiger partial charge on any atom is 0.337 e. The van der Waals surface area contributed by atoms with Gasteiger partial charge in [0, 0.05) is 5.39 Å². The molecule has 19 heavy (non-hydrogen) atoms. The highest BCUT2D eigenvalue weighted by Gasteiger charge is 2.15. The standard InChI is InChI=1S/C13H18N2O3Si/c1-17-13(16)10-5-6-11-8-14-15(12(11)7-10)9-18-19(2,3)4/h5-8H,9H2,1-4H3. The Morgan fingerprint density at radius 1 is 1.37 bits per heavy atom. The van der Waals surface area contributed by atoms with Gasteiger partial charge in [-0.15, -0.1) is 0 Å². The van der Waals surface area contributed by atoms with E-state index in [1.807, 2.05) is 6.07 Å². The summed E-state index contributed by atoms with van der Waals surface area (Å²) in [5, 5.41) is 5.26. The van der Waals surface area contributed by atoms with Crippen LogP contribution in [0.3, 0.4) is 0 Å². The Hall–Kier alpha value is -1.66. The van der Waals surface area contributed by atoms with E-state index in [0.29, 0.717) is 12.3 Å². The van der Waals surface area contributed by atoms with E-state index in [2.05, 4.69) is 24.7 Å². The number of carbonyl (C=O) groups is 1. The number of ether oxygens (including phenoxy) is 1. The zero-order valence-corrected chi connectivity index (χ0v) is 12.6. The van der Waals surface area contributed by atoms with Crippen LogP contribution >= 0.6 is 0 Å². The highest BCUT2D eigenvalue weighted by atomic mass is 28.4. The molecule has 0 saturated heterocycles. The number of rotatable bonds is 4. The normalized spacial score (nSPS) is 11.8. The van der Waals surface area contributed by atoms with Gasteiger partial charge in [-0.1, -0.05) is 6.07 Å². The summed E-state index contributed by atoms with van der Waals surface area (Å²) in [7, 11) is -0.222. The quantitative estimate of drug-likeness (QED) is 0.637. The van der Waals surface area contributed by atoms with Crippen LogP contribution in [0.5, 0.6) is 0 Å². The Bertz CT molecular complexity index is 601. The lowest BCUT2D eigenvalue weighted by molar-refractivity contribution is 0.0601. The molecule has 0 atom stereocenters. The van der Waals surface area contributed by atoms with Crippen LogP contribution in [-0.4, -0.2) is 31.2 Å². The molecule has 0 bridgehead atoms. The molecule has 0 fully saturated rings. The van der Waals surface area contributed by atoms with Crippen molar-refractivity contribution in [3.05, 3.63) is 30.0 Å². The summed E-state index contributed by atoms with van der Waals surface area (Å²) in [6.45, 7) is 6.78. The number of hydrogen-bond acceptors (Lipinski definition) is 4. The molecule has 0 N–H and O–H groups in total. The topological polar surface area (TPSA) is 53.3 Å². The molecule has 1 aromatic heterocycles. The molecule has 0 amide bonds. The van der Waals surface area contributed by atoms with Gasteiger partial charge in [0.25, 0.3) is 0 Å². The zero-order valence-electron chi connectivity index (χ0n) is 11.6. The maximum absolute atomic E-state index is 11.5. The van der Waals surface area contributed by atoms with Gasteiger partial charge in [0.15, 0.2) is 8.32 Å². The van der Waals surface area contributed by atoms with Crippen LogP contribution in [0.2, 0.25) is 19.6 Å². The van der Waals surface area contributed by atoms with Crippen molar-refractivity contribution < 1.29 is 14.0 Å². The van der Waals surface area contributed by atoms with Gasteiger partial charge >= 0.3 is 5.97 Å². The Balaban J connectivity index is 2.32. The van der Waals surface area contributed by atoms with Crippen molar-refractivity contribution in [3.63, 3.8) is 0 Å². The lowest BCUT2D eigenvalue weighted by Gasteiger charge is -2.17. The van der Waals surface area contributed by atoms with Crippen LogP contribution in [0.1, 0.15) is 10.4 Å². The number of benzene rings is 1. The predicted octanol–water partition coefficient (Wildman–Crippen LogP) is 2.63. The van der Waals surface area contributed by atoms with E-state index in [1.165, 1.54) is 7.11 Å². The van der Waals surface area contributed by atoms with Crippen LogP contribution in [0.15, 0.2) is 24.4 Å². The molecule has 0 aliphatic carbocycles. The lowest BCUT2D eigenvalue weighted by Crippen LogP contribution is -2.26. The Morgan fingerprint density at radius 2 is 2.11 bits per heavy atom. The first-order valence-electron chi connectivity index (χ1n) is 6.08. The molecule has 2 rings (SSSR count). The first-order valence-corrected chi connectivity index (χ1v) is 9.49. The number of methoxy groups -OCH3 is 1. The zero-order chi connectivity index (χ0) is 14.0. The molecular formula is C13H18N2O3Si. The van der Waals surface area contributed by atoms with Gasteiger partial charge in [0.05, 0.1) is 24.4 Å². The minimum atomic E-state index is -1.60. The van der Waals surface area contributed by atoms with Crippen molar-refractivity contribution in [1.29, 1.82) is 0 Å². The van der Waals surface area contributed by atoms with Gasteiger partial charge in [-0.05, 0) is 31.8 Å². The van der Waals surface area contributed by atoms with Gasteiger partial charge < -0.3 is 9.16 Å². The van der Waals surface area contributed by atoms with Gasteiger partial charge in [-0.25, -0.2) is 9.48 Å². The largest absolute Gasteiger partial charge is 0.465 e. The fraction of sp³-hybridized carbons (Fsp3) is 0.385. The average Bonchev–Trinajstić information content (AvgIpc) is 2.76. The van der Waals surface area contributed by atoms with E-state index in [4.69, 9.17) is 9.16 Å². The SMILES string of the molecule is COC(=O)c1ccc2cnn(CO[Si](C)(C)C)c2c1. The van der Waals surface area contributed by atoms with Crippen LogP contribution < -0.4 is 0 Å². The summed E-state index contributed by atoms with van der Waals surface area (Å²) < 4.78 is 12.3. The number of aromatic nitrogens is 2. The molecule has 0 aliphatic heterocycles. The predicted molar refractivity (Wildman–Crippen MR) is 75.5 cm³/mol. The molecule has 0 radical (unpaired) electrons. The van der Waals surface area contributed by atoms with Crippen molar-refractivity contribution in [2.24, 2.45) is 0 Å². The molecule has 2 aromatic rings. The Kier molecular flexibility index (Phi) is 3.72. The number of carbonyl (C=O) groups excluding carboxylic acids is 1. The summed E-state index contributed by atoms with van der Waals surface area (Å²) in [5.74, 6) is -0.347. The average molecular weight is 278 g/mol. The van der Waals surface area contributed by atoms with Crippen molar-refractivity contribution in [3.8, 4) is 0 Å². The van der Waals surface area contributed by atoms with Crippen LogP contribution in [0.4, 0.5) is 0 Å². The minimum absolute atomic E-state index is 0.347. The molecule has 0 saturated carbocycles. The fourth-order valence-corrected chi connectivity index (χ4v) is 2.18. The molecule has 1 aromatic carbocycles. The number of esters is 1. The van der Waals surface area contributed by atoms with E-state index < -0.39 is 8.32 Å². The summed E-state index contributed by atoms with van der Waals surface area (Å²) in [6.07, 6.45) is 1.77. The van der Waals surface area contributed by atoms with Crippen LogP contribution in [0.25, 0.3) is 10.9 Å². The van der Waals surface area contributed by atoms with Gasteiger partial charge in [-0.3, -0.25) is 0 Å². The van der Waals surface area contributed by atoms with E-state index in [0.717, 1.165) is 10.9 Å².